The highest BCUT2D eigenvalue weighted by molar-refractivity contribution is 5.85. The van der Waals surface area contributed by atoms with E-state index in [2.05, 4.69) is 4.98 Å². The van der Waals surface area contributed by atoms with Crippen LogP contribution >= 0.6 is 0 Å². The van der Waals surface area contributed by atoms with Crippen molar-refractivity contribution in [3.05, 3.63) is 23.3 Å². The number of aryl methyl sites for hydroxylation is 1. The standard InChI is InChI=1S/C7H8FN3/c1-4-7(10)5(3-9)2-6(8)11-4/h2-3,9H,10H2,1H3. The molecular weight excluding hydrogens is 145 g/mol. The minimum atomic E-state index is -0.602. The number of aromatic nitrogens is 1. The highest BCUT2D eigenvalue weighted by Crippen LogP contribution is 2.13. The third kappa shape index (κ3) is 1.34. The van der Waals surface area contributed by atoms with E-state index in [1.165, 1.54) is 0 Å². The van der Waals surface area contributed by atoms with E-state index in [0.717, 1.165) is 12.3 Å². The molecule has 0 saturated heterocycles. The number of halogens is 1. The third-order valence-corrected chi connectivity index (χ3v) is 1.41. The van der Waals surface area contributed by atoms with Crippen LogP contribution in [0, 0.1) is 18.3 Å². The van der Waals surface area contributed by atoms with Crippen LogP contribution in [0.15, 0.2) is 6.07 Å². The van der Waals surface area contributed by atoms with Gasteiger partial charge in [0.2, 0.25) is 5.95 Å². The lowest BCUT2D eigenvalue weighted by molar-refractivity contribution is 0.580. The van der Waals surface area contributed by atoms with Gasteiger partial charge in [-0.2, -0.15) is 4.39 Å². The Morgan fingerprint density at radius 2 is 2.36 bits per heavy atom. The number of hydrogen-bond donors (Lipinski definition) is 2. The minimum absolute atomic E-state index is 0.362. The lowest BCUT2D eigenvalue weighted by atomic mass is 10.2. The minimum Gasteiger partial charge on any atom is -0.397 e. The van der Waals surface area contributed by atoms with Crippen LogP contribution in [-0.2, 0) is 0 Å². The fourth-order valence-corrected chi connectivity index (χ4v) is 0.787. The molecule has 58 valence electrons. The molecule has 1 aromatic rings. The Morgan fingerprint density at radius 3 is 2.91 bits per heavy atom. The van der Waals surface area contributed by atoms with Gasteiger partial charge in [-0.05, 0) is 6.92 Å². The molecule has 0 aliphatic rings. The van der Waals surface area contributed by atoms with Crippen LogP contribution in [0.2, 0.25) is 0 Å². The number of hydrogen-bond acceptors (Lipinski definition) is 3. The zero-order valence-electron chi connectivity index (χ0n) is 6.06. The van der Waals surface area contributed by atoms with Crippen LogP contribution in [-0.4, -0.2) is 11.2 Å². The maximum atomic E-state index is 12.5. The number of nitrogens with zero attached hydrogens (tertiary/aromatic N) is 1. The summed E-state index contributed by atoms with van der Waals surface area (Å²) in [5.74, 6) is -0.602. The van der Waals surface area contributed by atoms with Crippen LogP contribution < -0.4 is 5.73 Å². The second-order valence-electron chi connectivity index (χ2n) is 2.18. The first-order chi connectivity index (χ1) is 5.15. The van der Waals surface area contributed by atoms with Crippen molar-refractivity contribution >= 4 is 11.9 Å². The Morgan fingerprint density at radius 1 is 1.73 bits per heavy atom. The van der Waals surface area contributed by atoms with Crippen molar-refractivity contribution in [2.75, 3.05) is 5.73 Å². The lowest BCUT2D eigenvalue weighted by Gasteiger charge is -2.01. The van der Waals surface area contributed by atoms with Gasteiger partial charge < -0.3 is 11.1 Å². The number of nitrogen functional groups attached to an aromatic ring is 1. The average Bonchev–Trinajstić information content (AvgIpc) is 1.96. The lowest BCUT2D eigenvalue weighted by Crippen LogP contribution is -2.00. The van der Waals surface area contributed by atoms with Crippen molar-refractivity contribution in [2.45, 2.75) is 6.92 Å². The predicted molar refractivity (Wildman–Crippen MR) is 41.2 cm³/mol. The highest BCUT2D eigenvalue weighted by Gasteiger charge is 2.03. The first-order valence-electron chi connectivity index (χ1n) is 3.08. The van der Waals surface area contributed by atoms with Crippen LogP contribution in [0.4, 0.5) is 10.1 Å². The molecule has 3 N–H and O–H groups in total. The fourth-order valence-electron chi connectivity index (χ4n) is 0.787. The maximum Gasteiger partial charge on any atom is 0.213 e. The van der Waals surface area contributed by atoms with E-state index >= 15 is 0 Å². The molecule has 0 aromatic carbocycles. The Bertz CT molecular complexity index is 296. The first kappa shape index (κ1) is 7.65. The van der Waals surface area contributed by atoms with Gasteiger partial charge in [-0.1, -0.05) is 0 Å². The Balaban J connectivity index is 3.35. The summed E-state index contributed by atoms with van der Waals surface area (Å²) in [6.07, 6.45) is 1.01. The molecule has 0 atom stereocenters. The van der Waals surface area contributed by atoms with E-state index in [-0.39, 0.29) is 0 Å². The Labute approximate surface area is 63.6 Å². The summed E-state index contributed by atoms with van der Waals surface area (Å²) < 4.78 is 12.5. The highest BCUT2D eigenvalue weighted by atomic mass is 19.1. The van der Waals surface area contributed by atoms with Crippen molar-refractivity contribution in [3.8, 4) is 0 Å². The number of nitrogens with one attached hydrogen (secondary N) is 1. The van der Waals surface area contributed by atoms with Gasteiger partial charge in [0.05, 0.1) is 11.4 Å². The molecule has 1 rings (SSSR count). The van der Waals surface area contributed by atoms with E-state index < -0.39 is 5.95 Å². The van der Waals surface area contributed by atoms with Gasteiger partial charge in [0.15, 0.2) is 0 Å². The number of pyridine rings is 1. The topological polar surface area (TPSA) is 62.8 Å². The second-order valence-corrected chi connectivity index (χ2v) is 2.18. The molecule has 3 nitrogen and oxygen atoms in total. The van der Waals surface area contributed by atoms with Crippen molar-refractivity contribution in [1.82, 2.24) is 4.98 Å². The third-order valence-electron chi connectivity index (χ3n) is 1.41. The van der Waals surface area contributed by atoms with E-state index in [4.69, 9.17) is 11.1 Å². The molecule has 11 heavy (non-hydrogen) atoms. The molecule has 1 heterocycles. The normalized spacial score (nSPS) is 9.64. The van der Waals surface area contributed by atoms with Crippen molar-refractivity contribution in [2.24, 2.45) is 0 Å². The van der Waals surface area contributed by atoms with E-state index in [9.17, 15) is 4.39 Å². The quantitative estimate of drug-likeness (QED) is 0.469. The molecule has 0 amide bonds. The van der Waals surface area contributed by atoms with Crippen LogP contribution in [0.5, 0.6) is 0 Å². The summed E-state index contributed by atoms with van der Waals surface area (Å²) in [6.45, 7) is 1.60. The van der Waals surface area contributed by atoms with Crippen molar-refractivity contribution in [3.63, 3.8) is 0 Å². The predicted octanol–water partition coefficient (Wildman–Crippen LogP) is 1.11. The molecule has 0 aliphatic carbocycles. The van der Waals surface area contributed by atoms with Crippen molar-refractivity contribution in [1.29, 1.82) is 5.41 Å². The first-order valence-corrected chi connectivity index (χ1v) is 3.08. The molecule has 0 unspecified atom stereocenters. The molecule has 0 aliphatic heterocycles. The van der Waals surface area contributed by atoms with Gasteiger partial charge in [0.1, 0.15) is 0 Å². The molecule has 0 spiro atoms. The average molecular weight is 153 g/mol. The molecular formula is C7H8FN3. The molecule has 0 saturated carbocycles. The summed E-state index contributed by atoms with van der Waals surface area (Å²) >= 11 is 0. The Kier molecular flexibility index (Phi) is 1.85. The van der Waals surface area contributed by atoms with Crippen LogP contribution in [0.1, 0.15) is 11.3 Å². The summed E-state index contributed by atoms with van der Waals surface area (Å²) in [5, 5.41) is 6.88. The summed E-state index contributed by atoms with van der Waals surface area (Å²) in [7, 11) is 0. The SMILES string of the molecule is Cc1nc(F)cc(C=N)c1N. The van der Waals surface area contributed by atoms with Gasteiger partial charge in [-0.15, -0.1) is 0 Å². The number of anilines is 1. The zero-order valence-corrected chi connectivity index (χ0v) is 6.06. The monoisotopic (exact) mass is 153 g/mol. The van der Waals surface area contributed by atoms with Gasteiger partial charge in [-0.3, -0.25) is 0 Å². The molecule has 4 heteroatoms. The van der Waals surface area contributed by atoms with Gasteiger partial charge in [-0.25, -0.2) is 4.98 Å². The maximum absolute atomic E-state index is 12.5. The number of nitrogens with two attached hydrogens (primary N) is 1. The summed E-state index contributed by atoms with van der Waals surface area (Å²) in [5.41, 5.74) is 6.63. The second kappa shape index (κ2) is 2.65. The van der Waals surface area contributed by atoms with E-state index in [1.54, 1.807) is 6.92 Å². The van der Waals surface area contributed by atoms with Crippen LogP contribution in [0.3, 0.4) is 0 Å². The largest absolute Gasteiger partial charge is 0.397 e. The molecule has 0 bridgehead atoms. The van der Waals surface area contributed by atoms with Crippen LogP contribution in [0.25, 0.3) is 0 Å². The smallest absolute Gasteiger partial charge is 0.213 e. The van der Waals surface area contributed by atoms with Gasteiger partial charge in [0, 0.05) is 17.8 Å². The van der Waals surface area contributed by atoms with Gasteiger partial charge in [0.25, 0.3) is 0 Å². The molecule has 1 aromatic heterocycles. The number of rotatable bonds is 1. The fraction of sp³-hybridized carbons (Fsp3) is 0.143. The zero-order chi connectivity index (χ0) is 8.43. The van der Waals surface area contributed by atoms with Crippen molar-refractivity contribution < 1.29 is 4.39 Å². The molecule has 0 fully saturated rings. The summed E-state index contributed by atoms with van der Waals surface area (Å²) in [6, 6.07) is 1.13. The Hall–Kier alpha value is -1.45. The van der Waals surface area contributed by atoms with E-state index in [0.29, 0.717) is 16.9 Å². The van der Waals surface area contributed by atoms with E-state index in [1.807, 2.05) is 0 Å². The summed E-state index contributed by atoms with van der Waals surface area (Å²) in [4.78, 5) is 3.49. The molecule has 0 radical (unpaired) electrons. The van der Waals surface area contributed by atoms with Gasteiger partial charge >= 0.3 is 0 Å².